The van der Waals surface area contributed by atoms with E-state index in [0.29, 0.717) is 12.1 Å². The van der Waals surface area contributed by atoms with Crippen LogP contribution in [0.2, 0.25) is 0 Å². The Kier molecular flexibility index (Phi) is 2.99. The summed E-state index contributed by atoms with van der Waals surface area (Å²) in [4.78, 5) is 19.5. The maximum absolute atomic E-state index is 12.5. The fourth-order valence-electron chi connectivity index (χ4n) is 2.32. The molecule has 3 nitrogen and oxygen atoms in total. The van der Waals surface area contributed by atoms with E-state index in [1.54, 1.807) is 6.20 Å². The van der Waals surface area contributed by atoms with Crippen LogP contribution in [-0.4, -0.2) is 27.9 Å². The van der Waals surface area contributed by atoms with Crippen LogP contribution in [0, 0.1) is 5.92 Å². The molecule has 0 spiro atoms. The normalized spacial score (nSPS) is 21.3. The Bertz CT molecular complexity index is 439. The van der Waals surface area contributed by atoms with Crippen molar-refractivity contribution < 1.29 is 4.79 Å². The van der Waals surface area contributed by atoms with E-state index in [2.05, 4.69) is 32.7 Å². The number of carbonyl (C=O) groups excluding carboxylic acids is 1. The van der Waals surface area contributed by atoms with Crippen molar-refractivity contribution in [3.8, 4) is 0 Å². The minimum atomic E-state index is 0.176. The van der Waals surface area contributed by atoms with Crippen molar-refractivity contribution in [1.82, 2.24) is 9.88 Å². The number of amides is 1. The van der Waals surface area contributed by atoms with Crippen molar-refractivity contribution in [2.45, 2.75) is 44.7 Å². The number of nitrogens with zero attached hydrogens (tertiary/aromatic N) is 2. The van der Waals surface area contributed by atoms with Gasteiger partial charge in [-0.05, 0) is 54.5 Å². The molecule has 2 aliphatic rings. The highest BCUT2D eigenvalue weighted by Gasteiger charge is 2.42. The van der Waals surface area contributed by atoms with Gasteiger partial charge in [0.25, 0.3) is 5.91 Å². The van der Waals surface area contributed by atoms with Gasteiger partial charge in [-0.1, -0.05) is 0 Å². The van der Waals surface area contributed by atoms with Crippen LogP contribution < -0.4 is 0 Å². The second-order valence-electron chi connectivity index (χ2n) is 5.00. The van der Waals surface area contributed by atoms with E-state index in [1.165, 1.54) is 37.0 Å². The minimum absolute atomic E-state index is 0.176. The second-order valence-corrected chi connectivity index (χ2v) is 7.31. The van der Waals surface area contributed by atoms with Crippen LogP contribution in [0.5, 0.6) is 0 Å². The van der Waals surface area contributed by atoms with E-state index < -0.39 is 0 Å². The van der Waals surface area contributed by atoms with Crippen LogP contribution in [-0.2, 0) is 0 Å². The number of aromatic nitrogens is 1. The van der Waals surface area contributed by atoms with Crippen LogP contribution in [0.4, 0.5) is 0 Å². The summed E-state index contributed by atoms with van der Waals surface area (Å²) >= 11 is 4.75. The van der Waals surface area contributed by atoms with Crippen molar-refractivity contribution >= 4 is 33.2 Å². The summed E-state index contributed by atoms with van der Waals surface area (Å²) in [6.45, 7) is 2.20. The van der Waals surface area contributed by atoms with Crippen LogP contribution in [0.25, 0.3) is 0 Å². The van der Waals surface area contributed by atoms with E-state index in [0.717, 1.165) is 14.7 Å². The van der Waals surface area contributed by atoms with Gasteiger partial charge in [0.15, 0.2) is 3.92 Å². The van der Waals surface area contributed by atoms with Gasteiger partial charge >= 0.3 is 0 Å². The molecule has 1 unspecified atom stereocenters. The van der Waals surface area contributed by atoms with Crippen molar-refractivity contribution in [2.24, 2.45) is 5.92 Å². The lowest BCUT2D eigenvalue weighted by Crippen LogP contribution is -2.41. The molecular formula is C12H15BrN2OS. The maximum Gasteiger partial charge on any atom is 0.266 e. The Labute approximate surface area is 113 Å². The third kappa shape index (κ3) is 2.40. The first-order chi connectivity index (χ1) is 8.16. The lowest BCUT2D eigenvalue weighted by Gasteiger charge is -2.29. The SMILES string of the molecule is CC(C1CC1)N(C(=O)c1cnc(Br)s1)C1CC1. The molecule has 0 aliphatic heterocycles. The third-order valence-electron chi connectivity index (χ3n) is 3.61. The molecule has 1 aromatic heterocycles. The lowest BCUT2D eigenvalue weighted by molar-refractivity contribution is 0.0659. The number of thiazole rings is 1. The van der Waals surface area contributed by atoms with Crippen LogP contribution in [0.1, 0.15) is 42.3 Å². The Hall–Kier alpha value is -0.420. The summed E-state index contributed by atoms with van der Waals surface area (Å²) < 4.78 is 0.788. The largest absolute Gasteiger partial charge is 0.332 e. The monoisotopic (exact) mass is 314 g/mol. The summed E-state index contributed by atoms with van der Waals surface area (Å²) in [6, 6.07) is 0.884. The average molecular weight is 315 g/mol. The highest BCUT2D eigenvalue weighted by Crippen LogP contribution is 2.40. The molecule has 1 amide bonds. The smallest absolute Gasteiger partial charge is 0.266 e. The maximum atomic E-state index is 12.5. The minimum Gasteiger partial charge on any atom is -0.332 e. The topological polar surface area (TPSA) is 33.2 Å². The summed E-state index contributed by atoms with van der Waals surface area (Å²) in [7, 11) is 0. The van der Waals surface area contributed by atoms with Crippen molar-refractivity contribution in [1.29, 1.82) is 0 Å². The van der Waals surface area contributed by atoms with Gasteiger partial charge in [0.1, 0.15) is 4.88 Å². The molecule has 0 bridgehead atoms. The Morgan fingerprint density at radius 1 is 1.53 bits per heavy atom. The number of hydrogen-bond acceptors (Lipinski definition) is 3. The molecule has 1 aromatic rings. The number of rotatable bonds is 4. The zero-order valence-electron chi connectivity index (χ0n) is 9.73. The quantitative estimate of drug-likeness (QED) is 0.854. The van der Waals surface area contributed by atoms with Crippen molar-refractivity contribution in [3.63, 3.8) is 0 Å². The number of carbonyl (C=O) groups is 1. The third-order valence-corrected chi connectivity index (χ3v) is 5.07. The lowest BCUT2D eigenvalue weighted by atomic mass is 10.1. The first kappa shape index (κ1) is 11.7. The highest BCUT2D eigenvalue weighted by molar-refractivity contribution is 9.11. The molecule has 0 N–H and O–H groups in total. The molecule has 3 rings (SSSR count). The zero-order valence-corrected chi connectivity index (χ0v) is 12.1. The van der Waals surface area contributed by atoms with E-state index >= 15 is 0 Å². The van der Waals surface area contributed by atoms with Crippen LogP contribution in [0.3, 0.4) is 0 Å². The molecule has 5 heteroatoms. The molecule has 1 atom stereocenters. The summed E-state index contributed by atoms with van der Waals surface area (Å²) in [5.74, 6) is 0.908. The Morgan fingerprint density at radius 3 is 2.71 bits per heavy atom. The molecule has 2 saturated carbocycles. The molecule has 2 fully saturated rings. The summed E-state index contributed by atoms with van der Waals surface area (Å²) in [5, 5.41) is 0. The molecule has 17 heavy (non-hydrogen) atoms. The van der Waals surface area contributed by atoms with Crippen LogP contribution in [0.15, 0.2) is 10.1 Å². The van der Waals surface area contributed by atoms with Gasteiger partial charge in [-0.2, -0.15) is 0 Å². The average Bonchev–Trinajstić information content (AvgIpc) is 3.18. The predicted molar refractivity (Wildman–Crippen MR) is 71.2 cm³/mol. The van der Waals surface area contributed by atoms with Crippen molar-refractivity contribution in [2.75, 3.05) is 0 Å². The standard InChI is InChI=1S/C12H15BrN2OS/c1-7(8-2-3-8)15(9-4-5-9)11(16)10-6-14-12(13)17-10/h6-9H,2-5H2,1H3. The van der Waals surface area contributed by atoms with Gasteiger partial charge in [0.2, 0.25) is 0 Å². The zero-order chi connectivity index (χ0) is 12.0. The molecular weight excluding hydrogens is 300 g/mol. The number of halogens is 1. The van der Waals surface area contributed by atoms with Gasteiger partial charge in [0.05, 0.1) is 6.20 Å². The molecule has 0 aromatic carbocycles. The summed E-state index contributed by atoms with van der Waals surface area (Å²) in [5.41, 5.74) is 0. The van der Waals surface area contributed by atoms with Gasteiger partial charge in [-0.25, -0.2) is 4.98 Å². The molecule has 0 radical (unpaired) electrons. The highest BCUT2D eigenvalue weighted by atomic mass is 79.9. The first-order valence-electron chi connectivity index (χ1n) is 6.11. The molecule has 2 aliphatic carbocycles. The molecule has 92 valence electrons. The van der Waals surface area contributed by atoms with Gasteiger partial charge in [-0.15, -0.1) is 11.3 Å². The molecule has 1 heterocycles. The first-order valence-corrected chi connectivity index (χ1v) is 7.72. The van der Waals surface area contributed by atoms with Crippen molar-refractivity contribution in [3.05, 3.63) is 15.0 Å². The van der Waals surface area contributed by atoms with E-state index in [1.807, 2.05) is 0 Å². The fraction of sp³-hybridized carbons (Fsp3) is 0.667. The second kappa shape index (κ2) is 4.35. The summed E-state index contributed by atoms with van der Waals surface area (Å²) in [6.07, 6.45) is 6.59. The Balaban J connectivity index is 1.80. The van der Waals surface area contributed by atoms with E-state index in [-0.39, 0.29) is 5.91 Å². The Morgan fingerprint density at radius 2 is 2.24 bits per heavy atom. The number of hydrogen-bond donors (Lipinski definition) is 0. The van der Waals surface area contributed by atoms with Gasteiger partial charge < -0.3 is 4.90 Å². The van der Waals surface area contributed by atoms with E-state index in [9.17, 15) is 4.79 Å². The fourth-order valence-corrected chi connectivity index (χ4v) is 3.53. The predicted octanol–water partition coefficient (Wildman–Crippen LogP) is 3.31. The van der Waals surface area contributed by atoms with Crippen LogP contribution >= 0.6 is 27.3 Å². The van der Waals surface area contributed by atoms with E-state index in [4.69, 9.17) is 0 Å². The van der Waals surface area contributed by atoms with Gasteiger partial charge in [0, 0.05) is 12.1 Å². The molecule has 0 saturated heterocycles. The van der Waals surface area contributed by atoms with Gasteiger partial charge in [-0.3, -0.25) is 4.79 Å².